The number of aliphatic imine (C=N–C) groups is 1. The van der Waals surface area contributed by atoms with E-state index in [0.717, 1.165) is 11.3 Å². The Morgan fingerprint density at radius 3 is 2.87 bits per heavy atom. The lowest BCUT2D eigenvalue weighted by molar-refractivity contribution is 1.10. The Morgan fingerprint density at radius 2 is 2.27 bits per heavy atom. The molecule has 1 rings (SSSR count). The maximum Gasteiger partial charge on any atom is 0.0991 e. The first-order valence-corrected chi connectivity index (χ1v) is 4.57. The van der Waals surface area contributed by atoms with Gasteiger partial charge in [0, 0.05) is 13.3 Å². The highest BCUT2D eigenvalue weighted by atomic mass is 15.1. The Morgan fingerprint density at radius 1 is 1.47 bits per heavy atom. The van der Waals surface area contributed by atoms with Crippen LogP contribution in [0.1, 0.15) is 11.1 Å². The Kier molecular flexibility index (Phi) is 4.17. The van der Waals surface area contributed by atoms with Gasteiger partial charge in [0.1, 0.15) is 0 Å². The number of aryl methyl sites for hydroxylation is 1. The molecular weight excluding hydrogens is 188 g/mol. The van der Waals surface area contributed by atoms with Gasteiger partial charge in [0.2, 0.25) is 0 Å². The third-order valence-corrected chi connectivity index (χ3v) is 1.85. The number of hydrogen-bond acceptors (Lipinski definition) is 4. The number of azo groups is 1. The van der Waals surface area contributed by atoms with Gasteiger partial charge >= 0.3 is 0 Å². The zero-order chi connectivity index (χ0) is 11.1. The van der Waals surface area contributed by atoms with Crippen molar-refractivity contribution in [1.82, 2.24) is 0 Å². The first-order chi connectivity index (χ1) is 7.27. The lowest BCUT2D eigenvalue weighted by Gasteiger charge is -1.97. The van der Waals surface area contributed by atoms with Crippen molar-refractivity contribution in [2.75, 3.05) is 13.6 Å². The zero-order valence-corrected chi connectivity index (χ0v) is 8.81. The van der Waals surface area contributed by atoms with Crippen LogP contribution in [-0.4, -0.2) is 19.8 Å². The van der Waals surface area contributed by atoms with Crippen LogP contribution in [0.5, 0.6) is 0 Å². The summed E-state index contributed by atoms with van der Waals surface area (Å²) in [5.41, 5.74) is 2.38. The molecule has 0 aliphatic carbocycles. The topological polar surface area (TPSA) is 60.9 Å². The van der Waals surface area contributed by atoms with E-state index in [9.17, 15) is 0 Å². The fourth-order valence-corrected chi connectivity index (χ4v) is 1.07. The molecule has 0 saturated carbocycles. The smallest absolute Gasteiger partial charge is 0.0991 e. The Balaban J connectivity index is 2.79. The fraction of sp³-hybridized carbons (Fsp3) is 0.273. The minimum atomic E-state index is 0.482. The SMILES string of the molecule is CN=CCN=Nc1ccc(C#N)cc1C. The number of benzene rings is 1. The van der Waals surface area contributed by atoms with Crippen molar-refractivity contribution >= 4 is 11.9 Å². The lowest BCUT2D eigenvalue weighted by Crippen LogP contribution is -1.80. The van der Waals surface area contributed by atoms with E-state index in [1.54, 1.807) is 31.5 Å². The standard InChI is InChI=1S/C11H12N4/c1-9-7-10(8-12)3-4-11(9)15-14-6-5-13-2/h3-5,7H,6H2,1-2H3. The molecule has 1 aromatic rings. The highest BCUT2D eigenvalue weighted by Gasteiger charge is 1.97. The van der Waals surface area contributed by atoms with Gasteiger partial charge in [0.05, 0.1) is 23.9 Å². The number of nitriles is 1. The molecule has 0 heterocycles. The van der Waals surface area contributed by atoms with E-state index < -0.39 is 0 Å². The fourth-order valence-electron chi connectivity index (χ4n) is 1.07. The molecule has 0 bridgehead atoms. The molecule has 0 N–H and O–H groups in total. The second-order valence-corrected chi connectivity index (χ2v) is 2.98. The van der Waals surface area contributed by atoms with Crippen LogP contribution in [0.4, 0.5) is 5.69 Å². The average Bonchev–Trinajstić information content (AvgIpc) is 2.26. The monoisotopic (exact) mass is 200 g/mol. The van der Waals surface area contributed by atoms with E-state index in [4.69, 9.17) is 5.26 Å². The van der Waals surface area contributed by atoms with Gasteiger partial charge in [0.25, 0.3) is 0 Å². The summed E-state index contributed by atoms with van der Waals surface area (Å²) in [4.78, 5) is 3.79. The molecule has 4 nitrogen and oxygen atoms in total. The van der Waals surface area contributed by atoms with Crippen molar-refractivity contribution in [3.63, 3.8) is 0 Å². The van der Waals surface area contributed by atoms with Crippen LogP contribution in [-0.2, 0) is 0 Å². The minimum Gasteiger partial charge on any atom is -0.299 e. The lowest BCUT2D eigenvalue weighted by atomic mass is 10.1. The van der Waals surface area contributed by atoms with E-state index in [-0.39, 0.29) is 0 Å². The maximum absolute atomic E-state index is 8.68. The largest absolute Gasteiger partial charge is 0.299 e. The van der Waals surface area contributed by atoms with E-state index >= 15 is 0 Å². The molecular formula is C11H12N4. The summed E-state index contributed by atoms with van der Waals surface area (Å²) >= 11 is 0. The van der Waals surface area contributed by atoms with Gasteiger partial charge in [-0.2, -0.15) is 15.5 Å². The molecule has 4 heteroatoms. The quantitative estimate of drug-likeness (QED) is 0.546. The molecule has 0 amide bonds. The molecule has 0 aliphatic heterocycles. The van der Waals surface area contributed by atoms with Gasteiger partial charge < -0.3 is 0 Å². The third-order valence-electron chi connectivity index (χ3n) is 1.85. The van der Waals surface area contributed by atoms with Crippen molar-refractivity contribution in [3.8, 4) is 6.07 Å². The summed E-state index contributed by atoms with van der Waals surface area (Å²) in [5, 5.41) is 16.7. The predicted octanol–water partition coefficient (Wildman–Crippen LogP) is 2.65. The van der Waals surface area contributed by atoms with Gasteiger partial charge in [-0.15, -0.1) is 0 Å². The summed E-state index contributed by atoms with van der Waals surface area (Å²) in [5.74, 6) is 0. The minimum absolute atomic E-state index is 0.482. The van der Waals surface area contributed by atoms with Gasteiger partial charge in [-0.1, -0.05) is 0 Å². The molecule has 76 valence electrons. The summed E-state index contributed by atoms with van der Waals surface area (Å²) < 4.78 is 0. The molecule has 15 heavy (non-hydrogen) atoms. The van der Waals surface area contributed by atoms with Gasteiger partial charge in [-0.05, 0) is 30.7 Å². The molecule has 0 aliphatic rings. The molecule has 0 radical (unpaired) electrons. The summed E-state index contributed by atoms with van der Waals surface area (Å²) in [6, 6.07) is 7.40. The van der Waals surface area contributed by atoms with Crippen molar-refractivity contribution < 1.29 is 0 Å². The van der Waals surface area contributed by atoms with Crippen LogP contribution >= 0.6 is 0 Å². The Hall–Kier alpha value is -2.02. The summed E-state index contributed by atoms with van der Waals surface area (Å²) in [6.45, 7) is 2.39. The second-order valence-electron chi connectivity index (χ2n) is 2.98. The van der Waals surface area contributed by atoms with Crippen molar-refractivity contribution in [3.05, 3.63) is 29.3 Å². The third kappa shape index (κ3) is 3.31. The number of hydrogen-bond donors (Lipinski definition) is 0. The van der Waals surface area contributed by atoms with E-state index in [1.807, 2.05) is 6.92 Å². The van der Waals surface area contributed by atoms with Crippen LogP contribution in [0.2, 0.25) is 0 Å². The highest BCUT2D eigenvalue weighted by molar-refractivity contribution is 5.59. The normalized spacial score (nSPS) is 11.0. The molecule has 0 fully saturated rings. The van der Waals surface area contributed by atoms with Gasteiger partial charge in [0.15, 0.2) is 0 Å². The highest BCUT2D eigenvalue weighted by Crippen LogP contribution is 2.19. The van der Waals surface area contributed by atoms with Gasteiger partial charge in [-0.25, -0.2) is 0 Å². The zero-order valence-electron chi connectivity index (χ0n) is 8.81. The van der Waals surface area contributed by atoms with Crippen LogP contribution in [0.25, 0.3) is 0 Å². The van der Waals surface area contributed by atoms with Crippen molar-refractivity contribution in [1.29, 1.82) is 5.26 Å². The predicted molar refractivity (Wildman–Crippen MR) is 59.7 cm³/mol. The van der Waals surface area contributed by atoms with Crippen LogP contribution in [0.15, 0.2) is 33.4 Å². The van der Waals surface area contributed by atoms with E-state index in [1.165, 1.54) is 0 Å². The number of nitrogens with zero attached hydrogens (tertiary/aromatic N) is 4. The molecule has 0 saturated heterocycles. The first-order valence-electron chi connectivity index (χ1n) is 4.57. The molecule has 0 aromatic heterocycles. The van der Waals surface area contributed by atoms with Crippen molar-refractivity contribution in [2.24, 2.45) is 15.2 Å². The first kappa shape index (κ1) is 11.1. The molecule has 0 atom stereocenters. The average molecular weight is 200 g/mol. The maximum atomic E-state index is 8.68. The van der Waals surface area contributed by atoms with Gasteiger partial charge in [-0.3, -0.25) is 4.99 Å². The van der Waals surface area contributed by atoms with E-state index in [0.29, 0.717) is 12.1 Å². The molecule has 0 spiro atoms. The molecule has 1 aromatic carbocycles. The molecule has 0 unspecified atom stereocenters. The van der Waals surface area contributed by atoms with Crippen LogP contribution < -0.4 is 0 Å². The van der Waals surface area contributed by atoms with Crippen LogP contribution in [0, 0.1) is 18.3 Å². The summed E-state index contributed by atoms with van der Waals surface area (Å²) in [7, 11) is 1.70. The summed E-state index contributed by atoms with van der Waals surface area (Å²) in [6.07, 6.45) is 1.68. The van der Waals surface area contributed by atoms with E-state index in [2.05, 4.69) is 21.3 Å². The second kappa shape index (κ2) is 5.66. The number of rotatable bonds is 3. The Bertz CT molecular complexity index is 427. The Labute approximate surface area is 89.0 Å². The van der Waals surface area contributed by atoms with Crippen LogP contribution in [0.3, 0.4) is 0 Å². The van der Waals surface area contributed by atoms with Crippen molar-refractivity contribution in [2.45, 2.75) is 6.92 Å².